The number of carbonyl (C=O) groups excluding carboxylic acids is 1. The van der Waals surface area contributed by atoms with Crippen molar-refractivity contribution in [3.63, 3.8) is 0 Å². The van der Waals surface area contributed by atoms with Crippen LogP contribution >= 0.6 is 0 Å². The van der Waals surface area contributed by atoms with E-state index in [1.807, 2.05) is 0 Å². The summed E-state index contributed by atoms with van der Waals surface area (Å²) in [6.07, 6.45) is 0.528. The van der Waals surface area contributed by atoms with Gasteiger partial charge in [0.1, 0.15) is 0 Å². The molecule has 1 saturated heterocycles. The molecule has 12 heteroatoms. The molecule has 37 heavy (non-hydrogen) atoms. The first-order valence-corrected chi connectivity index (χ1v) is 11.8. The van der Waals surface area contributed by atoms with E-state index in [0.717, 1.165) is 13.2 Å². The minimum absolute atomic E-state index is 0.0885. The number of nitrogens with two attached hydrogens (primary N) is 1. The third-order valence-electron chi connectivity index (χ3n) is 8.05. The lowest BCUT2D eigenvalue weighted by atomic mass is 9.53. The van der Waals surface area contributed by atoms with Crippen molar-refractivity contribution in [2.75, 3.05) is 34.0 Å². The number of methoxy groups -OCH3 is 2. The van der Waals surface area contributed by atoms with Gasteiger partial charge in [-0.1, -0.05) is 25.1 Å². The largest absolute Gasteiger partial charge is 0.493 e. The van der Waals surface area contributed by atoms with E-state index < -0.39 is 57.9 Å². The Labute approximate surface area is 211 Å². The fourth-order valence-corrected chi connectivity index (χ4v) is 5.92. The van der Waals surface area contributed by atoms with Crippen LogP contribution in [0.4, 0.5) is 22.0 Å². The first kappa shape index (κ1) is 27.3. The van der Waals surface area contributed by atoms with Crippen molar-refractivity contribution in [2.45, 2.75) is 49.0 Å². The van der Waals surface area contributed by atoms with Gasteiger partial charge >= 0.3 is 6.18 Å². The molecule has 7 nitrogen and oxygen atoms in total. The number of amides is 1. The van der Waals surface area contributed by atoms with Crippen molar-refractivity contribution in [3.8, 4) is 5.75 Å². The average molecular weight is 532 g/mol. The smallest absolute Gasteiger partial charge is 0.418 e. The lowest BCUT2D eigenvalue weighted by Crippen LogP contribution is -2.64. The van der Waals surface area contributed by atoms with Gasteiger partial charge in [-0.15, -0.1) is 0 Å². The molecule has 2 heterocycles. The van der Waals surface area contributed by atoms with Gasteiger partial charge in [0.15, 0.2) is 22.8 Å². The van der Waals surface area contributed by atoms with Gasteiger partial charge in [0.2, 0.25) is 5.82 Å². The Kier molecular flexibility index (Phi) is 6.83. The van der Waals surface area contributed by atoms with Crippen LogP contribution in [0.25, 0.3) is 0 Å². The highest BCUT2D eigenvalue weighted by Gasteiger charge is 2.82. The van der Waals surface area contributed by atoms with Crippen LogP contribution < -0.4 is 15.8 Å². The molecule has 3 atom stereocenters. The molecule has 3 unspecified atom stereocenters. The summed E-state index contributed by atoms with van der Waals surface area (Å²) in [6, 6.07) is 2.00. The van der Waals surface area contributed by atoms with Crippen LogP contribution in [-0.4, -0.2) is 62.2 Å². The molecule has 1 saturated carbocycles. The van der Waals surface area contributed by atoms with Gasteiger partial charge < -0.3 is 24.8 Å². The maximum Gasteiger partial charge on any atom is 0.418 e. The summed E-state index contributed by atoms with van der Waals surface area (Å²) >= 11 is 0. The Balaban J connectivity index is 1.89. The van der Waals surface area contributed by atoms with Gasteiger partial charge in [0.25, 0.3) is 5.91 Å². The third kappa shape index (κ3) is 3.83. The molecule has 0 aromatic heterocycles. The molecule has 1 amide bonds. The summed E-state index contributed by atoms with van der Waals surface area (Å²) in [5, 5.41) is 3.11. The van der Waals surface area contributed by atoms with E-state index in [1.54, 1.807) is 12.0 Å². The zero-order valence-corrected chi connectivity index (χ0v) is 20.8. The molecule has 2 aliphatic heterocycles. The second-order valence-corrected chi connectivity index (χ2v) is 9.96. The second kappa shape index (κ2) is 9.25. The number of benzene rings is 1. The number of carbonyl (C=O) groups is 1. The van der Waals surface area contributed by atoms with Crippen molar-refractivity contribution in [1.29, 1.82) is 0 Å². The summed E-state index contributed by atoms with van der Waals surface area (Å²) < 4.78 is 88.4. The van der Waals surface area contributed by atoms with Gasteiger partial charge in [-0.05, 0) is 25.3 Å². The maximum atomic E-state index is 14.9. The molecule has 2 fully saturated rings. The molecule has 0 spiro atoms. The lowest BCUT2D eigenvalue weighted by Gasteiger charge is -2.52. The van der Waals surface area contributed by atoms with Crippen LogP contribution in [0.2, 0.25) is 0 Å². The number of alkyl halides is 3. The second-order valence-electron chi connectivity index (χ2n) is 9.96. The zero-order chi connectivity index (χ0) is 27.3. The summed E-state index contributed by atoms with van der Waals surface area (Å²) in [5.74, 6) is -4.28. The van der Waals surface area contributed by atoms with Crippen LogP contribution in [0.15, 0.2) is 36.7 Å². The van der Waals surface area contributed by atoms with E-state index >= 15 is 0 Å². The van der Waals surface area contributed by atoms with Crippen molar-refractivity contribution in [1.82, 2.24) is 10.2 Å². The number of fused-ring (bicyclic) bond motifs is 1. The number of hydrogen-bond donors (Lipinski definition) is 2. The highest BCUT2D eigenvalue weighted by atomic mass is 19.4. The predicted molar refractivity (Wildman–Crippen MR) is 123 cm³/mol. The molecule has 1 aromatic rings. The average Bonchev–Trinajstić information content (AvgIpc) is 3.04. The minimum Gasteiger partial charge on any atom is -0.493 e. The molecule has 1 aromatic carbocycles. The fourth-order valence-electron chi connectivity index (χ4n) is 5.92. The number of nitrogens with one attached hydrogen (secondary N) is 1. The Morgan fingerprint density at radius 3 is 2.35 bits per heavy atom. The summed E-state index contributed by atoms with van der Waals surface area (Å²) in [7, 11) is 2.66. The zero-order valence-electron chi connectivity index (χ0n) is 20.8. The van der Waals surface area contributed by atoms with Crippen LogP contribution in [-0.2, 0) is 19.7 Å². The van der Waals surface area contributed by atoms with E-state index in [-0.39, 0.29) is 18.4 Å². The van der Waals surface area contributed by atoms with E-state index in [1.165, 1.54) is 37.5 Å². The van der Waals surface area contributed by atoms with Crippen LogP contribution in [0, 0.1) is 17.0 Å². The molecule has 3 N–H and O–H groups in total. The van der Waals surface area contributed by atoms with E-state index in [2.05, 4.69) is 5.32 Å². The summed E-state index contributed by atoms with van der Waals surface area (Å²) in [5.41, 5.74) is -2.44. The van der Waals surface area contributed by atoms with Gasteiger partial charge in [0.05, 0.1) is 25.8 Å². The highest BCUT2D eigenvalue weighted by molar-refractivity contribution is 5.88. The number of ether oxygens (including phenoxy) is 3. The lowest BCUT2D eigenvalue weighted by molar-refractivity contribution is -0.337. The monoisotopic (exact) mass is 531 g/mol. The van der Waals surface area contributed by atoms with Crippen molar-refractivity contribution in [3.05, 3.63) is 53.9 Å². The Morgan fingerprint density at radius 2 is 1.86 bits per heavy atom. The van der Waals surface area contributed by atoms with Crippen molar-refractivity contribution in [2.24, 2.45) is 11.1 Å². The Bertz CT molecular complexity index is 1110. The SMILES string of the molecule is COCCNCN1C=CC(c2ccc(F)c(F)c2OC)(C2(C(N)=O)CC3(C)CCC3(C(F)(F)F)O2)C=C1. The number of primary amides is 1. The summed E-state index contributed by atoms with van der Waals surface area (Å²) in [6.45, 7) is 2.69. The molecular weight excluding hydrogens is 501 g/mol. The van der Waals surface area contributed by atoms with Gasteiger partial charge in [0, 0.05) is 37.0 Å². The molecule has 0 radical (unpaired) electrons. The normalized spacial score (nSPS) is 30.2. The van der Waals surface area contributed by atoms with Gasteiger partial charge in [-0.25, -0.2) is 4.39 Å². The van der Waals surface area contributed by atoms with E-state index in [0.29, 0.717) is 19.8 Å². The van der Waals surface area contributed by atoms with Crippen LogP contribution in [0.1, 0.15) is 31.7 Å². The Morgan fingerprint density at radius 1 is 1.19 bits per heavy atom. The predicted octanol–water partition coefficient (Wildman–Crippen LogP) is 3.49. The number of nitrogens with zero attached hydrogens (tertiary/aromatic N) is 1. The topological polar surface area (TPSA) is 86.0 Å². The van der Waals surface area contributed by atoms with Crippen LogP contribution in [0.3, 0.4) is 0 Å². The first-order chi connectivity index (χ1) is 17.3. The van der Waals surface area contributed by atoms with Gasteiger partial charge in [-0.3, -0.25) is 10.1 Å². The third-order valence-corrected chi connectivity index (χ3v) is 8.05. The van der Waals surface area contributed by atoms with Gasteiger partial charge in [-0.2, -0.15) is 17.6 Å². The number of halogens is 5. The number of rotatable bonds is 9. The van der Waals surface area contributed by atoms with Crippen molar-refractivity contribution < 1.29 is 41.0 Å². The highest BCUT2D eigenvalue weighted by Crippen LogP contribution is 2.72. The van der Waals surface area contributed by atoms with E-state index in [9.17, 15) is 26.7 Å². The maximum absolute atomic E-state index is 14.9. The van der Waals surface area contributed by atoms with E-state index in [4.69, 9.17) is 19.9 Å². The van der Waals surface area contributed by atoms with Crippen LogP contribution in [0.5, 0.6) is 5.75 Å². The standard InChI is InChI=1S/C25H30F5N3O4/c1-21-6-7-24(21,25(28,29)30)37-23(14-21,20(31)34)22(16-4-5-17(26)18(27)19(16)36-3)8-11-33(12-9-22)15-32-10-13-35-2/h4-5,8-9,11-12,32H,6-7,10,13-15H2,1-3H3,(H2,31,34). The Hall–Kier alpha value is -2.70. The molecule has 4 rings (SSSR count). The minimum atomic E-state index is -4.80. The quantitative estimate of drug-likeness (QED) is 0.375. The molecular formula is C25H30F5N3O4. The molecule has 3 aliphatic rings. The number of hydrogen-bond acceptors (Lipinski definition) is 6. The molecule has 1 aliphatic carbocycles. The first-order valence-electron chi connectivity index (χ1n) is 11.8. The summed E-state index contributed by atoms with van der Waals surface area (Å²) in [4.78, 5) is 14.9. The molecule has 204 valence electrons. The van der Waals surface area contributed by atoms with Crippen molar-refractivity contribution >= 4 is 5.91 Å². The fraction of sp³-hybridized carbons (Fsp3) is 0.560. The molecule has 0 bridgehead atoms.